The van der Waals surface area contributed by atoms with Crippen molar-refractivity contribution in [3.8, 4) is 5.75 Å². The van der Waals surface area contributed by atoms with Gasteiger partial charge in [-0.3, -0.25) is 19.4 Å². The molecule has 0 atom stereocenters. The van der Waals surface area contributed by atoms with Crippen molar-refractivity contribution >= 4 is 23.3 Å². The highest BCUT2D eigenvalue weighted by Gasteiger charge is 2.18. The molecule has 0 aliphatic carbocycles. The van der Waals surface area contributed by atoms with Crippen LogP contribution in [0.3, 0.4) is 0 Å². The quantitative estimate of drug-likeness (QED) is 0.781. The third kappa shape index (κ3) is 4.41. The van der Waals surface area contributed by atoms with E-state index >= 15 is 0 Å². The SMILES string of the molecule is O=C(CCC(=O)c1ccc2c(c1)NC(=O)CO2)NCc1ccncc1. The van der Waals surface area contributed by atoms with Crippen molar-refractivity contribution in [2.24, 2.45) is 0 Å². The lowest BCUT2D eigenvalue weighted by Gasteiger charge is -2.18. The van der Waals surface area contributed by atoms with Crippen LogP contribution in [0.5, 0.6) is 5.75 Å². The molecule has 1 aromatic carbocycles. The molecule has 0 spiro atoms. The molecule has 2 amide bonds. The number of anilines is 1. The highest BCUT2D eigenvalue weighted by atomic mass is 16.5. The summed E-state index contributed by atoms with van der Waals surface area (Å²) in [6.45, 7) is 0.371. The number of benzene rings is 1. The van der Waals surface area contributed by atoms with Crippen LogP contribution in [-0.2, 0) is 16.1 Å². The maximum Gasteiger partial charge on any atom is 0.262 e. The molecular weight excluding hydrogens is 322 g/mol. The number of carbonyl (C=O) groups is 3. The number of Topliss-reactive ketones (excluding diaryl/α,β-unsaturated/α-hetero) is 1. The van der Waals surface area contributed by atoms with Gasteiger partial charge >= 0.3 is 0 Å². The van der Waals surface area contributed by atoms with Crippen LogP contribution in [-0.4, -0.2) is 29.2 Å². The standard InChI is InChI=1S/C18H17N3O4/c22-15(2-4-17(23)20-10-12-5-7-19-8-6-12)13-1-3-16-14(9-13)21-18(24)11-25-16/h1,3,5-9H,2,4,10-11H2,(H,20,23)(H,21,24). The number of hydrogen-bond donors (Lipinski definition) is 2. The fourth-order valence-electron chi connectivity index (χ4n) is 2.42. The van der Waals surface area contributed by atoms with Crippen LogP contribution in [0.25, 0.3) is 0 Å². The fraction of sp³-hybridized carbons (Fsp3) is 0.222. The normalized spacial score (nSPS) is 12.6. The summed E-state index contributed by atoms with van der Waals surface area (Å²) in [5, 5.41) is 5.42. The maximum absolute atomic E-state index is 12.2. The minimum atomic E-state index is -0.257. The largest absolute Gasteiger partial charge is 0.482 e. The smallest absolute Gasteiger partial charge is 0.262 e. The second kappa shape index (κ2) is 7.57. The van der Waals surface area contributed by atoms with Gasteiger partial charge in [0.25, 0.3) is 5.91 Å². The Morgan fingerprint density at radius 3 is 2.76 bits per heavy atom. The van der Waals surface area contributed by atoms with E-state index in [1.807, 2.05) is 12.1 Å². The molecule has 0 bridgehead atoms. The number of ketones is 1. The van der Waals surface area contributed by atoms with E-state index in [4.69, 9.17) is 4.74 Å². The molecule has 0 unspecified atom stereocenters. The zero-order chi connectivity index (χ0) is 17.6. The van der Waals surface area contributed by atoms with Crippen LogP contribution in [0.4, 0.5) is 5.69 Å². The second-order valence-electron chi connectivity index (χ2n) is 5.60. The second-order valence-corrected chi connectivity index (χ2v) is 5.60. The van der Waals surface area contributed by atoms with Gasteiger partial charge in [-0.2, -0.15) is 0 Å². The summed E-state index contributed by atoms with van der Waals surface area (Å²) in [5.74, 6) is -0.0831. The van der Waals surface area contributed by atoms with Gasteiger partial charge in [0, 0.05) is 37.3 Å². The van der Waals surface area contributed by atoms with Gasteiger partial charge in [0.05, 0.1) is 5.69 Å². The van der Waals surface area contributed by atoms with Gasteiger partial charge in [0.15, 0.2) is 12.4 Å². The van der Waals surface area contributed by atoms with E-state index in [1.165, 1.54) is 0 Å². The molecule has 128 valence electrons. The van der Waals surface area contributed by atoms with Gasteiger partial charge in [-0.15, -0.1) is 0 Å². The van der Waals surface area contributed by atoms with Gasteiger partial charge in [-0.05, 0) is 35.9 Å². The van der Waals surface area contributed by atoms with E-state index in [0.717, 1.165) is 5.56 Å². The Bertz CT molecular complexity index is 805. The maximum atomic E-state index is 12.2. The monoisotopic (exact) mass is 339 g/mol. The number of aromatic nitrogens is 1. The Morgan fingerprint density at radius 1 is 1.16 bits per heavy atom. The Labute approximate surface area is 144 Å². The molecule has 1 aromatic heterocycles. The van der Waals surface area contributed by atoms with E-state index in [0.29, 0.717) is 23.5 Å². The summed E-state index contributed by atoms with van der Waals surface area (Å²) >= 11 is 0. The van der Waals surface area contributed by atoms with Crippen molar-refractivity contribution < 1.29 is 19.1 Å². The van der Waals surface area contributed by atoms with Crippen molar-refractivity contribution in [3.63, 3.8) is 0 Å². The predicted molar refractivity (Wildman–Crippen MR) is 90.2 cm³/mol. The number of nitrogens with one attached hydrogen (secondary N) is 2. The van der Waals surface area contributed by atoms with Crippen molar-refractivity contribution in [2.75, 3.05) is 11.9 Å². The van der Waals surface area contributed by atoms with Crippen LogP contribution in [0, 0.1) is 0 Å². The Kier molecular flexibility index (Phi) is 5.03. The molecule has 0 saturated carbocycles. The van der Waals surface area contributed by atoms with E-state index in [-0.39, 0.29) is 37.0 Å². The lowest BCUT2D eigenvalue weighted by atomic mass is 10.0. The molecule has 2 aromatic rings. The molecule has 25 heavy (non-hydrogen) atoms. The van der Waals surface area contributed by atoms with Crippen LogP contribution in [0.1, 0.15) is 28.8 Å². The van der Waals surface area contributed by atoms with E-state index in [1.54, 1.807) is 30.6 Å². The first-order valence-electron chi connectivity index (χ1n) is 7.87. The molecule has 3 rings (SSSR count). The van der Waals surface area contributed by atoms with Gasteiger partial charge in [0.1, 0.15) is 5.75 Å². The van der Waals surface area contributed by atoms with Crippen molar-refractivity contribution in [3.05, 3.63) is 53.9 Å². The summed E-state index contributed by atoms with van der Waals surface area (Å²) in [6, 6.07) is 8.48. The first-order valence-corrected chi connectivity index (χ1v) is 7.87. The molecular formula is C18H17N3O4. The number of rotatable bonds is 6. The third-order valence-corrected chi connectivity index (χ3v) is 3.75. The first kappa shape index (κ1) is 16.6. The van der Waals surface area contributed by atoms with E-state index in [2.05, 4.69) is 15.6 Å². The van der Waals surface area contributed by atoms with Crippen molar-refractivity contribution in [1.29, 1.82) is 0 Å². The molecule has 2 N–H and O–H groups in total. The van der Waals surface area contributed by atoms with Gasteiger partial charge < -0.3 is 15.4 Å². The molecule has 0 fully saturated rings. The van der Waals surface area contributed by atoms with Crippen LogP contribution in [0.15, 0.2) is 42.7 Å². The predicted octanol–water partition coefficient (Wildman–Crippen LogP) is 1.69. The minimum Gasteiger partial charge on any atom is -0.482 e. The van der Waals surface area contributed by atoms with Gasteiger partial charge in [-0.1, -0.05) is 0 Å². The summed E-state index contributed by atoms with van der Waals surface area (Å²) < 4.78 is 5.25. The number of nitrogens with zero attached hydrogens (tertiary/aromatic N) is 1. The van der Waals surface area contributed by atoms with Gasteiger partial charge in [0.2, 0.25) is 5.91 Å². The zero-order valence-electron chi connectivity index (χ0n) is 13.5. The van der Waals surface area contributed by atoms with Crippen LogP contribution in [0.2, 0.25) is 0 Å². The lowest BCUT2D eigenvalue weighted by molar-refractivity contribution is -0.121. The lowest BCUT2D eigenvalue weighted by Crippen LogP contribution is -2.25. The summed E-state index contributed by atoms with van der Waals surface area (Å²) in [6.07, 6.45) is 3.51. The van der Waals surface area contributed by atoms with E-state index in [9.17, 15) is 14.4 Å². The number of carbonyl (C=O) groups excluding carboxylic acids is 3. The highest BCUT2D eigenvalue weighted by molar-refractivity contribution is 6.01. The number of fused-ring (bicyclic) bond motifs is 1. The number of hydrogen-bond acceptors (Lipinski definition) is 5. The minimum absolute atomic E-state index is 0.0298. The first-order chi connectivity index (χ1) is 12.1. The highest BCUT2D eigenvalue weighted by Crippen LogP contribution is 2.28. The number of ether oxygens (including phenoxy) is 1. The van der Waals surface area contributed by atoms with Crippen molar-refractivity contribution in [1.82, 2.24) is 10.3 Å². The molecule has 2 heterocycles. The molecule has 1 aliphatic heterocycles. The van der Waals surface area contributed by atoms with E-state index < -0.39 is 0 Å². The molecule has 0 radical (unpaired) electrons. The van der Waals surface area contributed by atoms with Crippen LogP contribution < -0.4 is 15.4 Å². The molecule has 0 saturated heterocycles. The van der Waals surface area contributed by atoms with Gasteiger partial charge in [-0.25, -0.2) is 0 Å². The van der Waals surface area contributed by atoms with Crippen molar-refractivity contribution in [2.45, 2.75) is 19.4 Å². The Morgan fingerprint density at radius 2 is 1.96 bits per heavy atom. The topological polar surface area (TPSA) is 97.4 Å². The zero-order valence-corrected chi connectivity index (χ0v) is 13.5. The summed E-state index contributed by atoms with van der Waals surface area (Å²) in [4.78, 5) is 39.4. The Balaban J connectivity index is 1.51. The average Bonchev–Trinajstić information content (AvgIpc) is 2.64. The Hall–Kier alpha value is -3.22. The van der Waals surface area contributed by atoms with Crippen LogP contribution >= 0.6 is 0 Å². The summed E-state index contributed by atoms with van der Waals surface area (Å²) in [5.41, 5.74) is 1.86. The molecule has 1 aliphatic rings. The fourth-order valence-corrected chi connectivity index (χ4v) is 2.42. The number of amides is 2. The molecule has 7 heteroatoms. The summed E-state index contributed by atoms with van der Waals surface area (Å²) in [7, 11) is 0. The molecule has 7 nitrogen and oxygen atoms in total. The average molecular weight is 339 g/mol. The number of pyridine rings is 1. The third-order valence-electron chi connectivity index (χ3n) is 3.75.